The molecule has 0 aliphatic carbocycles. The molecule has 1 aromatic heterocycles. The fraction of sp³-hybridized carbons (Fsp3) is 0.714. The van der Waals surface area contributed by atoms with E-state index in [9.17, 15) is 13.2 Å². The van der Waals surface area contributed by atoms with Crippen LogP contribution in [0.15, 0.2) is 0 Å². The second kappa shape index (κ2) is 5.09. The molecule has 1 aromatic rings. The van der Waals surface area contributed by atoms with Gasteiger partial charge in [0.1, 0.15) is 5.01 Å². The van der Waals surface area contributed by atoms with Crippen molar-refractivity contribution in [1.29, 1.82) is 0 Å². The van der Waals surface area contributed by atoms with Crippen LogP contribution in [0.25, 0.3) is 0 Å². The minimum Gasteiger partial charge on any atom is -0.288 e. The number of alkyl halides is 3. The smallest absolute Gasteiger partial charge is 0.288 e. The third kappa shape index (κ3) is 4.76. The second-order valence-corrected chi connectivity index (χ2v) is 4.51. The van der Waals surface area contributed by atoms with Crippen molar-refractivity contribution in [3.05, 3.63) is 9.47 Å². The molecule has 15 heavy (non-hydrogen) atoms. The highest BCUT2D eigenvalue weighted by Gasteiger charge is 2.30. The van der Waals surface area contributed by atoms with E-state index in [1.54, 1.807) is 6.92 Å². The fourth-order valence-electron chi connectivity index (χ4n) is 1.02. The van der Waals surface area contributed by atoms with E-state index in [1.807, 2.05) is 0 Å². The van der Waals surface area contributed by atoms with E-state index in [-0.39, 0.29) is 11.0 Å². The molecule has 3 nitrogen and oxygen atoms in total. The van der Waals surface area contributed by atoms with Gasteiger partial charge in [-0.3, -0.25) is 4.90 Å². The van der Waals surface area contributed by atoms with E-state index in [2.05, 4.69) is 10.2 Å². The lowest BCUT2D eigenvalue weighted by Crippen LogP contribution is -2.33. The average molecular weight is 260 g/mol. The summed E-state index contributed by atoms with van der Waals surface area (Å²) in [7, 11) is 0. The van der Waals surface area contributed by atoms with Crippen molar-refractivity contribution in [3.63, 3.8) is 0 Å². The molecule has 0 saturated carbocycles. The normalized spacial score (nSPS) is 12.4. The predicted molar refractivity (Wildman–Crippen MR) is 51.9 cm³/mol. The second-order valence-electron chi connectivity index (χ2n) is 2.87. The molecule has 0 aliphatic heterocycles. The van der Waals surface area contributed by atoms with Gasteiger partial charge in [-0.15, -0.1) is 10.2 Å². The number of hydrogen-bond acceptors (Lipinski definition) is 4. The largest absolute Gasteiger partial charge is 0.401 e. The average Bonchev–Trinajstić information content (AvgIpc) is 2.47. The van der Waals surface area contributed by atoms with E-state index in [4.69, 9.17) is 11.6 Å². The monoisotopic (exact) mass is 259 g/mol. The van der Waals surface area contributed by atoms with E-state index in [0.29, 0.717) is 11.6 Å². The van der Waals surface area contributed by atoms with Crippen LogP contribution in [0.1, 0.15) is 11.9 Å². The van der Waals surface area contributed by atoms with Crippen LogP contribution in [0.2, 0.25) is 4.47 Å². The first-order valence-corrected chi connectivity index (χ1v) is 5.37. The van der Waals surface area contributed by atoms with E-state index in [1.165, 1.54) is 4.90 Å². The zero-order chi connectivity index (χ0) is 11.5. The minimum atomic E-state index is -4.19. The van der Waals surface area contributed by atoms with Gasteiger partial charge in [-0.1, -0.05) is 18.3 Å². The van der Waals surface area contributed by atoms with Crippen molar-refractivity contribution >= 4 is 22.9 Å². The highest BCUT2D eigenvalue weighted by Crippen LogP contribution is 2.20. The Kier molecular flexibility index (Phi) is 4.30. The molecule has 0 bridgehead atoms. The van der Waals surface area contributed by atoms with Gasteiger partial charge in [0.2, 0.25) is 4.47 Å². The summed E-state index contributed by atoms with van der Waals surface area (Å²) in [5.41, 5.74) is 0. The number of rotatable bonds is 4. The van der Waals surface area contributed by atoms with Crippen LogP contribution in [-0.2, 0) is 6.54 Å². The molecular weight excluding hydrogens is 251 g/mol. The Hall–Kier alpha value is -0.400. The summed E-state index contributed by atoms with van der Waals surface area (Å²) in [6.07, 6.45) is -4.19. The molecule has 1 rings (SSSR count). The van der Waals surface area contributed by atoms with Gasteiger partial charge in [-0.05, 0) is 18.1 Å². The number of nitrogens with zero attached hydrogens (tertiary/aromatic N) is 3. The Bertz CT molecular complexity index is 315. The quantitative estimate of drug-likeness (QED) is 0.832. The van der Waals surface area contributed by atoms with Gasteiger partial charge in [0.25, 0.3) is 0 Å². The van der Waals surface area contributed by atoms with Crippen LogP contribution in [-0.4, -0.2) is 34.4 Å². The molecule has 0 atom stereocenters. The Morgan fingerprint density at radius 2 is 2.07 bits per heavy atom. The van der Waals surface area contributed by atoms with Gasteiger partial charge in [-0.25, -0.2) is 0 Å². The third-order valence-electron chi connectivity index (χ3n) is 1.65. The van der Waals surface area contributed by atoms with Crippen molar-refractivity contribution in [2.75, 3.05) is 13.1 Å². The van der Waals surface area contributed by atoms with Crippen molar-refractivity contribution < 1.29 is 13.2 Å². The van der Waals surface area contributed by atoms with Crippen LogP contribution < -0.4 is 0 Å². The molecule has 0 aromatic carbocycles. The molecule has 0 aliphatic rings. The maximum absolute atomic E-state index is 12.1. The molecule has 0 fully saturated rings. The predicted octanol–water partition coefficient (Wildman–Crippen LogP) is 2.58. The number of hydrogen-bond donors (Lipinski definition) is 0. The Morgan fingerprint density at radius 3 is 2.47 bits per heavy atom. The first kappa shape index (κ1) is 12.7. The summed E-state index contributed by atoms with van der Waals surface area (Å²) < 4.78 is 36.5. The Labute approximate surface area is 93.9 Å². The summed E-state index contributed by atoms with van der Waals surface area (Å²) in [5, 5.41) is 7.68. The van der Waals surface area contributed by atoms with Gasteiger partial charge in [0.15, 0.2) is 0 Å². The van der Waals surface area contributed by atoms with Crippen LogP contribution in [0, 0.1) is 0 Å². The van der Waals surface area contributed by atoms with Crippen molar-refractivity contribution in [3.8, 4) is 0 Å². The van der Waals surface area contributed by atoms with Gasteiger partial charge in [0.05, 0.1) is 13.1 Å². The molecule has 8 heteroatoms. The van der Waals surface area contributed by atoms with Crippen LogP contribution >= 0.6 is 22.9 Å². The van der Waals surface area contributed by atoms with Crippen LogP contribution in [0.5, 0.6) is 0 Å². The standard InChI is InChI=1S/C7H9ClF3N3S/c1-2-14(4-7(9,10)11)3-5-12-13-6(8)15-5/h2-4H2,1H3. The van der Waals surface area contributed by atoms with Gasteiger partial charge < -0.3 is 0 Å². The summed E-state index contributed by atoms with van der Waals surface area (Å²) >= 11 is 6.62. The van der Waals surface area contributed by atoms with Crippen LogP contribution in [0.4, 0.5) is 13.2 Å². The topological polar surface area (TPSA) is 29.0 Å². The third-order valence-corrected chi connectivity index (χ3v) is 2.65. The molecule has 0 radical (unpaired) electrons. The van der Waals surface area contributed by atoms with Crippen molar-refractivity contribution in [1.82, 2.24) is 15.1 Å². The van der Waals surface area contributed by atoms with Crippen molar-refractivity contribution in [2.45, 2.75) is 19.6 Å². The van der Waals surface area contributed by atoms with Gasteiger partial charge in [0, 0.05) is 0 Å². The minimum absolute atomic E-state index is 0.125. The summed E-state index contributed by atoms with van der Waals surface area (Å²) in [5.74, 6) is 0. The molecule has 0 saturated heterocycles. The summed E-state index contributed by atoms with van der Waals surface area (Å²) in [4.78, 5) is 1.23. The van der Waals surface area contributed by atoms with Crippen molar-refractivity contribution in [2.24, 2.45) is 0 Å². The number of halogens is 4. The molecule has 1 heterocycles. The number of aromatic nitrogens is 2. The van der Waals surface area contributed by atoms with E-state index >= 15 is 0 Å². The zero-order valence-corrected chi connectivity index (χ0v) is 9.46. The first-order chi connectivity index (χ1) is 6.90. The van der Waals surface area contributed by atoms with Gasteiger partial charge >= 0.3 is 6.18 Å². The molecule has 0 amide bonds. The summed E-state index contributed by atoms with van der Waals surface area (Å²) in [6.45, 7) is 1.15. The lowest BCUT2D eigenvalue weighted by atomic mass is 10.4. The van der Waals surface area contributed by atoms with Crippen LogP contribution in [0.3, 0.4) is 0 Å². The first-order valence-electron chi connectivity index (χ1n) is 4.17. The van der Waals surface area contributed by atoms with E-state index < -0.39 is 12.7 Å². The van der Waals surface area contributed by atoms with Gasteiger partial charge in [-0.2, -0.15) is 13.2 Å². The Balaban J connectivity index is 2.54. The fourth-order valence-corrected chi connectivity index (χ4v) is 1.93. The molecule has 0 N–H and O–H groups in total. The maximum atomic E-state index is 12.1. The molecule has 86 valence electrons. The van der Waals surface area contributed by atoms with E-state index in [0.717, 1.165) is 11.3 Å². The lowest BCUT2D eigenvalue weighted by molar-refractivity contribution is -0.146. The SMILES string of the molecule is CCN(Cc1nnc(Cl)s1)CC(F)(F)F. The highest BCUT2D eigenvalue weighted by molar-refractivity contribution is 7.15. The molecular formula is C7H9ClF3N3S. The Morgan fingerprint density at radius 1 is 1.40 bits per heavy atom. The molecule has 0 spiro atoms. The lowest BCUT2D eigenvalue weighted by Gasteiger charge is -2.20. The zero-order valence-electron chi connectivity index (χ0n) is 7.88. The maximum Gasteiger partial charge on any atom is 0.401 e. The molecule has 0 unspecified atom stereocenters. The summed E-state index contributed by atoms with van der Waals surface area (Å²) in [6, 6.07) is 0. The highest BCUT2D eigenvalue weighted by atomic mass is 35.5.